The van der Waals surface area contributed by atoms with E-state index in [0.717, 1.165) is 50.4 Å². The van der Waals surface area contributed by atoms with Crippen LogP contribution in [0, 0.1) is 19.8 Å². The fourth-order valence-corrected chi connectivity index (χ4v) is 4.56. The van der Waals surface area contributed by atoms with Crippen LogP contribution < -0.4 is 11.2 Å². The number of aryl methyl sites for hydroxylation is 4. The second kappa shape index (κ2) is 28.7. The molecule has 0 radical (unpaired) electrons. The van der Waals surface area contributed by atoms with Gasteiger partial charge in [-0.15, -0.1) is 13.2 Å². The van der Waals surface area contributed by atoms with Crippen LogP contribution in [0.15, 0.2) is 67.4 Å². The monoisotopic (exact) mass is 580 g/mol. The zero-order valence-electron chi connectivity index (χ0n) is 29.3. The number of hydrogen-bond acceptors (Lipinski definition) is 3. The number of nitrogens with zero attached hydrogens (tertiary/aromatic N) is 1. The van der Waals surface area contributed by atoms with E-state index < -0.39 is 0 Å². The Hall–Kier alpha value is -2.36. The van der Waals surface area contributed by atoms with E-state index in [-0.39, 0.29) is 0 Å². The van der Waals surface area contributed by atoms with Gasteiger partial charge in [0.2, 0.25) is 0 Å². The molecule has 0 aliphatic heterocycles. The number of allylic oxidation sites excluding steroid dienone is 2. The Bertz CT molecular complexity index is 892. The van der Waals surface area contributed by atoms with Gasteiger partial charge in [0, 0.05) is 5.70 Å². The molecule has 3 rings (SSSR count). The van der Waals surface area contributed by atoms with E-state index in [1.165, 1.54) is 72.8 Å². The lowest BCUT2D eigenvalue weighted by molar-refractivity contribution is 0.349. The Kier molecular flexibility index (Phi) is 28.6. The van der Waals surface area contributed by atoms with Crippen LogP contribution in [0.1, 0.15) is 127 Å². The molecule has 1 aliphatic carbocycles. The highest BCUT2D eigenvalue weighted by atomic mass is 15.4. The summed E-state index contributed by atoms with van der Waals surface area (Å²) in [5.74, 6) is 7.20. The van der Waals surface area contributed by atoms with Crippen LogP contribution >= 0.6 is 0 Å². The van der Waals surface area contributed by atoms with E-state index >= 15 is 0 Å². The molecule has 1 aliphatic rings. The standard InChI is InChI=1S/C16H26N2.C9H12.C8H16.C4H11N.C2H4/c1-5-7-8-14(4)18(17)12-16-11-15(6-2)10-9-13(16)3;1-3-9-6-4-8(2)5-7-9;1-2-8-6-4-3-5-7-8;1-3-4-5-2;1-2/h8-11H,5-7,12,17H2,1-4H3;4-7H,3H2,1-2H3;8H,2-7H2,1H3;5H,3-4H2,1-2H3;1-2H2/b14-8-;;;;. The molecular formula is C39H69N3. The van der Waals surface area contributed by atoms with E-state index in [1.54, 1.807) is 0 Å². The van der Waals surface area contributed by atoms with E-state index in [2.05, 4.69) is 122 Å². The van der Waals surface area contributed by atoms with E-state index in [1.807, 2.05) is 12.1 Å². The number of hydrogen-bond donors (Lipinski definition) is 2. The molecule has 42 heavy (non-hydrogen) atoms. The number of hydrazine groups is 1. The van der Waals surface area contributed by atoms with E-state index in [9.17, 15) is 0 Å². The first-order valence-electron chi connectivity index (χ1n) is 16.7. The number of nitrogens with one attached hydrogen (secondary N) is 1. The third-order valence-corrected chi connectivity index (χ3v) is 7.67. The fourth-order valence-electron chi connectivity index (χ4n) is 4.56. The lowest BCUT2D eigenvalue weighted by Gasteiger charge is -2.21. The van der Waals surface area contributed by atoms with Gasteiger partial charge in [0.1, 0.15) is 0 Å². The summed E-state index contributed by atoms with van der Waals surface area (Å²) >= 11 is 0. The highest BCUT2D eigenvalue weighted by molar-refractivity contribution is 5.31. The van der Waals surface area contributed by atoms with Crippen molar-refractivity contribution in [3.8, 4) is 0 Å². The van der Waals surface area contributed by atoms with Gasteiger partial charge in [0.05, 0.1) is 6.54 Å². The van der Waals surface area contributed by atoms with Gasteiger partial charge in [0.25, 0.3) is 0 Å². The minimum Gasteiger partial charge on any atom is -0.320 e. The van der Waals surface area contributed by atoms with Crippen LogP contribution in [0.5, 0.6) is 0 Å². The molecule has 1 saturated carbocycles. The molecule has 0 saturated heterocycles. The average Bonchev–Trinajstić information content (AvgIpc) is 3.04. The van der Waals surface area contributed by atoms with Gasteiger partial charge in [-0.05, 0) is 88.2 Å². The van der Waals surface area contributed by atoms with Crippen LogP contribution in [0.3, 0.4) is 0 Å². The minimum absolute atomic E-state index is 0.783. The maximum absolute atomic E-state index is 6.12. The molecule has 2 aromatic carbocycles. The molecule has 3 N–H and O–H groups in total. The largest absolute Gasteiger partial charge is 0.320 e. The van der Waals surface area contributed by atoms with E-state index in [4.69, 9.17) is 5.84 Å². The molecule has 2 aromatic rings. The molecular weight excluding hydrogens is 510 g/mol. The summed E-state index contributed by atoms with van der Waals surface area (Å²) in [6.45, 7) is 25.3. The maximum atomic E-state index is 6.12. The molecule has 1 fully saturated rings. The third-order valence-electron chi connectivity index (χ3n) is 7.67. The van der Waals surface area contributed by atoms with Crippen molar-refractivity contribution in [3.63, 3.8) is 0 Å². The molecule has 3 heteroatoms. The SMILES string of the molecule is C=C.CCC/C=C(/C)N(N)Cc1cc(CC)ccc1C.CCC1CCCCC1.CCCNC.CCc1ccc(C)cc1. The van der Waals surface area contributed by atoms with Crippen molar-refractivity contribution in [2.24, 2.45) is 11.8 Å². The van der Waals surface area contributed by atoms with Crippen molar-refractivity contribution in [1.29, 1.82) is 0 Å². The molecule has 0 bridgehead atoms. The van der Waals surface area contributed by atoms with Gasteiger partial charge in [-0.25, -0.2) is 5.84 Å². The lowest BCUT2D eigenvalue weighted by Crippen LogP contribution is -2.28. The Morgan fingerprint density at radius 3 is 1.88 bits per heavy atom. The van der Waals surface area contributed by atoms with Gasteiger partial charge in [-0.3, -0.25) is 0 Å². The summed E-state index contributed by atoms with van der Waals surface area (Å²) in [5, 5.41) is 4.86. The minimum atomic E-state index is 0.783. The number of unbranched alkanes of at least 4 members (excludes halogenated alkanes) is 1. The second-order valence-corrected chi connectivity index (χ2v) is 11.2. The number of benzene rings is 2. The first-order chi connectivity index (χ1) is 20.3. The Morgan fingerprint density at radius 2 is 1.45 bits per heavy atom. The lowest BCUT2D eigenvalue weighted by atomic mass is 9.88. The molecule has 0 heterocycles. The molecule has 0 unspecified atom stereocenters. The van der Waals surface area contributed by atoms with Crippen molar-refractivity contribution in [2.75, 3.05) is 13.6 Å². The van der Waals surface area contributed by atoms with Crippen molar-refractivity contribution in [3.05, 3.63) is 95.2 Å². The van der Waals surface area contributed by atoms with Crippen molar-refractivity contribution in [1.82, 2.24) is 10.3 Å². The predicted molar refractivity (Wildman–Crippen MR) is 192 cm³/mol. The molecule has 3 nitrogen and oxygen atoms in total. The molecule has 0 amide bonds. The first kappa shape index (κ1) is 41.8. The summed E-state index contributed by atoms with van der Waals surface area (Å²) in [4.78, 5) is 0. The van der Waals surface area contributed by atoms with Crippen molar-refractivity contribution in [2.45, 2.75) is 133 Å². The normalized spacial score (nSPS) is 12.7. The zero-order chi connectivity index (χ0) is 32.2. The summed E-state index contributed by atoms with van der Waals surface area (Å²) in [7, 11) is 1.96. The molecule has 240 valence electrons. The molecule has 0 atom stereocenters. The van der Waals surface area contributed by atoms with Gasteiger partial charge in [-0.2, -0.15) is 0 Å². The fraction of sp³-hybridized carbons (Fsp3) is 0.590. The predicted octanol–water partition coefficient (Wildman–Crippen LogP) is 10.9. The van der Waals surface area contributed by atoms with Gasteiger partial charge in [0.15, 0.2) is 0 Å². The highest BCUT2D eigenvalue weighted by Crippen LogP contribution is 2.25. The van der Waals surface area contributed by atoms with Gasteiger partial charge < -0.3 is 10.3 Å². The molecule has 0 spiro atoms. The summed E-state index contributed by atoms with van der Waals surface area (Å²) < 4.78 is 0. The number of nitrogens with two attached hydrogens (primary N) is 1. The van der Waals surface area contributed by atoms with Crippen molar-refractivity contribution < 1.29 is 0 Å². The Labute approximate surface area is 263 Å². The quantitative estimate of drug-likeness (QED) is 0.167. The average molecular weight is 580 g/mol. The Morgan fingerprint density at radius 1 is 0.881 bits per heavy atom. The first-order valence-corrected chi connectivity index (χ1v) is 16.7. The maximum Gasteiger partial charge on any atom is 0.0591 e. The molecule has 0 aromatic heterocycles. The van der Waals surface area contributed by atoms with Crippen LogP contribution in [-0.2, 0) is 19.4 Å². The zero-order valence-corrected chi connectivity index (χ0v) is 29.3. The third kappa shape index (κ3) is 21.4. The van der Waals surface area contributed by atoms with Crippen LogP contribution in [0.4, 0.5) is 0 Å². The summed E-state index contributed by atoms with van der Waals surface area (Å²) in [6.07, 6.45) is 16.8. The number of rotatable bonds is 10. The van der Waals surface area contributed by atoms with Crippen LogP contribution in [-0.4, -0.2) is 18.6 Å². The topological polar surface area (TPSA) is 41.3 Å². The van der Waals surface area contributed by atoms with Crippen LogP contribution in [0.2, 0.25) is 0 Å². The Balaban J connectivity index is 0. The smallest absolute Gasteiger partial charge is 0.0591 e. The summed E-state index contributed by atoms with van der Waals surface area (Å²) in [5.41, 5.74) is 7.91. The highest BCUT2D eigenvalue weighted by Gasteiger charge is 2.09. The van der Waals surface area contributed by atoms with Gasteiger partial charge >= 0.3 is 0 Å². The van der Waals surface area contributed by atoms with E-state index in [0.29, 0.717) is 0 Å². The van der Waals surface area contributed by atoms with Crippen molar-refractivity contribution >= 4 is 0 Å². The van der Waals surface area contributed by atoms with Crippen LogP contribution in [0.25, 0.3) is 0 Å². The summed E-state index contributed by atoms with van der Waals surface area (Å²) in [6, 6.07) is 15.3. The van der Waals surface area contributed by atoms with Gasteiger partial charge in [-0.1, -0.05) is 134 Å². The second-order valence-electron chi connectivity index (χ2n) is 11.2.